The summed E-state index contributed by atoms with van der Waals surface area (Å²) in [7, 11) is 0. The fraction of sp³-hybridized carbons (Fsp3) is 0. The van der Waals surface area contributed by atoms with Crippen LogP contribution in [-0.4, -0.2) is 34.7 Å². The third-order valence-electron chi connectivity index (χ3n) is 0. The summed E-state index contributed by atoms with van der Waals surface area (Å²) in [5.74, 6) is 0. The van der Waals surface area contributed by atoms with E-state index >= 15 is 0 Å². The van der Waals surface area contributed by atoms with Crippen LogP contribution in [0.25, 0.3) is 0 Å². The zero-order valence-electron chi connectivity index (χ0n) is 3.83. The van der Waals surface area contributed by atoms with E-state index in [0.717, 1.165) is 0 Å². The van der Waals surface area contributed by atoms with Gasteiger partial charge in [-0.2, -0.15) is 0 Å². The fourth-order valence-electron chi connectivity index (χ4n) is 0. The summed E-state index contributed by atoms with van der Waals surface area (Å²) in [6.45, 7) is 0. The minimum atomic E-state index is 0. The molecule has 0 saturated carbocycles. The second-order valence-electron chi connectivity index (χ2n) is 0. The average Bonchev–Trinajstić information content (AvgIpc) is 0. The molecule has 0 saturated heterocycles. The van der Waals surface area contributed by atoms with Crippen LogP contribution in [0.15, 0.2) is 0 Å². The largest absolute Gasteiger partial charge is 3.00 e. The van der Waals surface area contributed by atoms with Crippen molar-refractivity contribution in [3.63, 3.8) is 0 Å². The van der Waals surface area contributed by atoms with Crippen molar-refractivity contribution in [1.29, 1.82) is 0 Å². The Kier molecular flexibility index (Phi) is 2200. The fourth-order valence-corrected chi connectivity index (χ4v) is 0. The molecule has 0 aromatic rings. The molecule has 0 aliphatic carbocycles. The topological polar surface area (TPSA) is 85.5 Å². The number of hydrogen-bond donors (Lipinski definition) is 0. The van der Waals surface area contributed by atoms with E-state index in [4.69, 9.17) is 0 Å². The van der Waals surface area contributed by atoms with Gasteiger partial charge in [-0.15, -0.1) is 0 Å². The van der Waals surface area contributed by atoms with E-state index in [2.05, 4.69) is 0 Å². The van der Waals surface area contributed by atoms with Crippen LogP contribution in [0.2, 0.25) is 0 Å². The smallest absolute Gasteiger partial charge is 2.00 e. The first kappa shape index (κ1) is 162. The van der Waals surface area contributed by atoms with Gasteiger partial charge in [0.2, 0.25) is 0 Å². The van der Waals surface area contributed by atoms with Gasteiger partial charge in [0.1, 0.15) is 0 Å². The predicted molar refractivity (Wildman–Crippen MR) is 13.6 cm³/mol. The Morgan fingerprint density at radius 3 is 0.444 bits per heavy atom. The van der Waals surface area contributed by atoms with Gasteiger partial charge in [0.15, 0.2) is 0 Å². The van der Waals surface area contributed by atoms with Crippen molar-refractivity contribution >= 4 is 34.7 Å². The molecule has 0 rings (SSSR count). The summed E-state index contributed by atoms with van der Waals surface area (Å²) < 4.78 is 0. The summed E-state index contributed by atoms with van der Waals surface area (Å²) in [6, 6.07) is 0. The van der Waals surface area contributed by atoms with Crippen LogP contribution < -0.4 is 0 Å². The van der Waals surface area contributed by atoms with Gasteiger partial charge in [0.25, 0.3) is 0 Å². The maximum Gasteiger partial charge on any atom is 3.00 e. The van der Waals surface area contributed by atoms with Crippen molar-refractivity contribution in [1.82, 2.24) is 0 Å². The Hall–Kier alpha value is 3.00. The Morgan fingerprint density at radius 1 is 0.444 bits per heavy atom. The third-order valence-corrected chi connectivity index (χ3v) is 0. The van der Waals surface area contributed by atoms with Crippen molar-refractivity contribution in [3.8, 4) is 0 Å². The second-order valence-corrected chi connectivity index (χ2v) is 0. The van der Waals surface area contributed by atoms with Crippen molar-refractivity contribution in [3.05, 3.63) is 0 Å². The summed E-state index contributed by atoms with van der Waals surface area (Å²) in [5.41, 5.74) is 0. The quantitative estimate of drug-likeness (QED) is 0.505. The molecule has 0 unspecified atom stereocenters. The van der Waals surface area contributed by atoms with E-state index in [1.54, 1.807) is 0 Å². The SMILES string of the molecule is [Al].[Al].[Cr+3].[Cr+3].[Ni].[Ni].[O-2].[O-2].[O-2]. The molecule has 9 heteroatoms. The minimum absolute atomic E-state index is 0. The van der Waals surface area contributed by atoms with Crippen LogP contribution in [-0.2, 0) is 84.1 Å². The zero-order valence-corrected chi connectivity index (χ0v) is 10.7. The monoisotopic (exact) mass is 322 g/mol. The van der Waals surface area contributed by atoms with Gasteiger partial charge in [-0.05, 0) is 0 Å². The van der Waals surface area contributed by atoms with Crippen LogP contribution in [0.1, 0.15) is 0 Å². The summed E-state index contributed by atoms with van der Waals surface area (Å²) in [5, 5.41) is 0. The molecule has 0 heterocycles. The molecule has 3 nitrogen and oxygen atoms in total. The zero-order chi connectivity index (χ0) is 0. The van der Waals surface area contributed by atoms with Crippen LogP contribution in [0.4, 0.5) is 0 Å². The molecule has 0 N–H and O–H groups in total. The molecule has 0 amide bonds. The Labute approximate surface area is 117 Å². The molecule has 8 radical (unpaired) electrons. The maximum atomic E-state index is 0. The minimum Gasteiger partial charge on any atom is -2.00 e. The number of hydrogen-bond acceptors (Lipinski definition) is 0. The van der Waals surface area contributed by atoms with Crippen LogP contribution >= 0.6 is 0 Å². The molecule has 9 heavy (non-hydrogen) atoms. The molecule has 0 bridgehead atoms. The van der Waals surface area contributed by atoms with Gasteiger partial charge in [-0.25, -0.2) is 0 Å². The first-order chi connectivity index (χ1) is 0. The Bertz CT molecular complexity index is 17.8. The summed E-state index contributed by atoms with van der Waals surface area (Å²) >= 11 is 0. The Morgan fingerprint density at radius 2 is 0.444 bits per heavy atom. The first-order valence-electron chi connectivity index (χ1n) is 0. The van der Waals surface area contributed by atoms with E-state index in [1.807, 2.05) is 0 Å². The molecule has 0 atom stereocenters. The van der Waals surface area contributed by atoms with Gasteiger partial charge >= 0.3 is 34.7 Å². The predicted octanol–water partition coefficient (Wildman–Crippen LogP) is -1.13. The summed E-state index contributed by atoms with van der Waals surface area (Å²) in [4.78, 5) is 0. The van der Waals surface area contributed by atoms with Gasteiger partial charge in [-0.1, -0.05) is 0 Å². The van der Waals surface area contributed by atoms with Gasteiger partial charge in [-0.3, -0.25) is 0 Å². The molecular formula is Al2Cr2Ni2O3. The van der Waals surface area contributed by atoms with Crippen LogP contribution in [0.3, 0.4) is 0 Å². The average molecular weight is 323 g/mol. The molecule has 56 valence electrons. The van der Waals surface area contributed by atoms with E-state index in [-0.39, 0.29) is 119 Å². The van der Waals surface area contributed by atoms with Crippen LogP contribution in [0.5, 0.6) is 0 Å². The van der Waals surface area contributed by atoms with E-state index in [9.17, 15) is 0 Å². The standard InChI is InChI=1S/2Al.2Cr.2Ni.3O/q;;2*+3;;;3*-2. The normalized spacial score (nSPS) is 0. The second kappa shape index (κ2) is 122. The van der Waals surface area contributed by atoms with Crippen molar-refractivity contribution in [2.45, 2.75) is 0 Å². The molecule has 0 aliphatic rings. The third kappa shape index (κ3) is 99.1. The molecular weight excluding hydrogens is 323 g/mol. The van der Waals surface area contributed by atoms with E-state index < -0.39 is 0 Å². The maximum absolute atomic E-state index is 0. The van der Waals surface area contributed by atoms with Gasteiger partial charge in [0, 0.05) is 67.7 Å². The van der Waals surface area contributed by atoms with Gasteiger partial charge in [0.05, 0.1) is 0 Å². The molecule has 0 aliphatic heterocycles. The molecule has 0 aromatic heterocycles. The molecule has 0 spiro atoms. The van der Waals surface area contributed by atoms with E-state index in [0.29, 0.717) is 0 Å². The van der Waals surface area contributed by atoms with Gasteiger partial charge < -0.3 is 16.4 Å². The number of rotatable bonds is 0. The van der Waals surface area contributed by atoms with Crippen molar-refractivity contribution in [2.24, 2.45) is 0 Å². The molecule has 0 aromatic carbocycles. The van der Waals surface area contributed by atoms with Crippen molar-refractivity contribution in [2.75, 3.05) is 0 Å². The Balaban J connectivity index is 0. The molecule has 0 fully saturated rings. The van der Waals surface area contributed by atoms with Crippen LogP contribution in [0, 0.1) is 0 Å². The summed E-state index contributed by atoms with van der Waals surface area (Å²) in [6.07, 6.45) is 0. The van der Waals surface area contributed by atoms with E-state index in [1.165, 1.54) is 0 Å². The first-order valence-corrected chi connectivity index (χ1v) is 0. The van der Waals surface area contributed by atoms with Crippen molar-refractivity contribution < 1.29 is 84.1 Å².